The maximum Gasteiger partial charge on any atom is 0.306 e. The van der Waals surface area contributed by atoms with Crippen molar-refractivity contribution in [1.29, 1.82) is 0 Å². The first kappa shape index (κ1) is 59.9. The van der Waals surface area contributed by atoms with Gasteiger partial charge in [-0.25, -0.2) is 0 Å². The minimum absolute atomic E-state index is 0.0710. The van der Waals surface area contributed by atoms with E-state index in [2.05, 4.69) is 45.1 Å². The first-order chi connectivity index (χ1) is 30.5. The number of hydrogen-bond acceptors (Lipinski definition) is 6. The third-order valence-corrected chi connectivity index (χ3v) is 12.2. The lowest BCUT2D eigenvalue weighted by atomic mass is 10.0. The second-order valence-electron chi connectivity index (χ2n) is 18.5. The Labute approximate surface area is 385 Å². The summed E-state index contributed by atoms with van der Waals surface area (Å²) in [6, 6.07) is 0. The van der Waals surface area contributed by atoms with Crippen LogP contribution in [0.2, 0.25) is 0 Å². The molecule has 0 radical (unpaired) electrons. The fourth-order valence-corrected chi connectivity index (χ4v) is 8.08. The van der Waals surface area contributed by atoms with Crippen LogP contribution < -0.4 is 0 Å². The van der Waals surface area contributed by atoms with Gasteiger partial charge in [-0.1, -0.05) is 257 Å². The van der Waals surface area contributed by atoms with Gasteiger partial charge in [0.05, 0.1) is 0 Å². The summed E-state index contributed by atoms with van der Waals surface area (Å²) in [4.78, 5) is 38.0. The third kappa shape index (κ3) is 48.9. The van der Waals surface area contributed by atoms with Gasteiger partial charge in [-0.15, -0.1) is 0 Å². The molecule has 0 aromatic rings. The lowest BCUT2D eigenvalue weighted by Gasteiger charge is -2.18. The summed E-state index contributed by atoms with van der Waals surface area (Å²) in [5, 5.41) is 0. The molecule has 62 heavy (non-hydrogen) atoms. The van der Waals surface area contributed by atoms with Gasteiger partial charge in [0.2, 0.25) is 0 Å². The van der Waals surface area contributed by atoms with Gasteiger partial charge in [0, 0.05) is 19.3 Å². The molecule has 0 spiro atoms. The van der Waals surface area contributed by atoms with Crippen LogP contribution in [0, 0.1) is 0 Å². The number of unbranched alkanes of at least 4 members (excludes halogenated alkanes) is 36. The first-order valence-corrected chi connectivity index (χ1v) is 27.4. The van der Waals surface area contributed by atoms with Gasteiger partial charge in [-0.2, -0.15) is 0 Å². The summed E-state index contributed by atoms with van der Waals surface area (Å²) < 4.78 is 16.8. The summed E-state index contributed by atoms with van der Waals surface area (Å²) in [5.41, 5.74) is 0. The van der Waals surface area contributed by atoms with Gasteiger partial charge in [-0.3, -0.25) is 14.4 Å². The molecular weight excluding hydrogens is 769 g/mol. The molecule has 0 heterocycles. The van der Waals surface area contributed by atoms with E-state index < -0.39 is 6.10 Å². The number of hydrogen-bond donors (Lipinski definition) is 0. The van der Waals surface area contributed by atoms with Crippen LogP contribution >= 0.6 is 0 Å². The lowest BCUT2D eigenvalue weighted by molar-refractivity contribution is -0.167. The average Bonchev–Trinajstić information content (AvgIpc) is 3.27. The van der Waals surface area contributed by atoms with Crippen molar-refractivity contribution in [3.8, 4) is 0 Å². The van der Waals surface area contributed by atoms with Crippen LogP contribution in [0.3, 0.4) is 0 Å². The molecule has 1 atom stereocenters. The molecule has 6 nitrogen and oxygen atoms in total. The van der Waals surface area contributed by atoms with Gasteiger partial charge >= 0.3 is 17.9 Å². The number of allylic oxidation sites excluding steroid dienone is 4. The van der Waals surface area contributed by atoms with Crippen molar-refractivity contribution in [1.82, 2.24) is 0 Å². The molecule has 0 saturated carbocycles. The predicted molar refractivity (Wildman–Crippen MR) is 266 cm³/mol. The second kappa shape index (κ2) is 51.5. The Morgan fingerprint density at radius 1 is 0.323 bits per heavy atom. The number of ether oxygens (including phenoxy) is 3. The van der Waals surface area contributed by atoms with Crippen LogP contribution in [0.1, 0.15) is 297 Å². The summed E-state index contributed by atoms with van der Waals surface area (Å²) in [7, 11) is 0. The van der Waals surface area contributed by atoms with E-state index in [0.717, 1.165) is 64.2 Å². The van der Waals surface area contributed by atoms with Crippen molar-refractivity contribution in [3.63, 3.8) is 0 Å². The number of esters is 3. The Hall–Kier alpha value is -2.11. The molecule has 0 fully saturated rings. The van der Waals surface area contributed by atoms with E-state index in [9.17, 15) is 14.4 Å². The molecule has 0 rings (SSSR count). The molecule has 0 aliphatic carbocycles. The third-order valence-electron chi connectivity index (χ3n) is 12.2. The maximum atomic E-state index is 12.8. The molecule has 6 heteroatoms. The minimum Gasteiger partial charge on any atom is -0.462 e. The fraction of sp³-hybridized carbons (Fsp3) is 0.875. The van der Waals surface area contributed by atoms with Crippen molar-refractivity contribution < 1.29 is 28.6 Å². The van der Waals surface area contributed by atoms with Gasteiger partial charge < -0.3 is 14.2 Å². The van der Waals surface area contributed by atoms with Crippen molar-refractivity contribution in [2.45, 2.75) is 303 Å². The Morgan fingerprint density at radius 3 is 0.887 bits per heavy atom. The zero-order valence-corrected chi connectivity index (χ0v) is 41.7. The molecule has 0 aromatic carbocycles. The summed E-state index contributed by atoms with van der Waals surface area (Å²) >= 11 is 0. The quantitative estimate of drug-likeness (QED) is 0.0262. The zero-order chi connectivity index (χ0) is 45.1. The molecule has 0 amide bonds. The Balaban J connectivity index is 4.30. The van der Waals surface area contributed by atoms with Crippen LogP contribution in [0.4, 0.5) is 0 Å². The minimum atomic E-state index is -0.771. The molecule has 0 saturated heterocycles. The SMILES string of the molecule is CCCCC/C=C\C=C/CCCCCCCCC(=O)OC(COC(=O)CCCCCCCCCCCCC)COC(=O)CCCCCCCCCCCCCCCCCCCC. The summed E-state index contributed by atoms with van der Waals surface area (Å²) in [5.74, 6) is -0.866. The Morgan fingerprint density at radius 2 is 0.565 bits per heavy atom. The van der Waals surface area contributed by atoms with Gasteiger partial charge in [0.15, 0.2) is 6.10 Å². The van der Waals surface area contributed by atoms with E-state index in [1.54, 1.807) is 0 Å². The Kier molecular flexibility index (Phi) is 49.8. The Bertz CT molecular complexity index is 1000. The van der Waals surface area contributed by atoms with Crippen LogP contribution in [0.25, 0.3) is 0 Å². The second-order valence-corrected chi connectivity index (χ2v) is 18.5. The molecule has 0 N–H and O–H groups in total. The van der Waals surface area contributed by atoms with Crippen molar-refractivity contribution in [2.75, 3.05) is 13.2 Å². The molecule has 0 aromatic heterocycles. The van der Waals surface area contributed by atoms with Gasteiger partial charge in [0.25, 0.3) is 0 Å². The molecule has 364 valence electrons. The monoisotopic (exact) mass is 873 g/mol. The highest BCUT2D eigenvalue weighted by Crippen LogP contribution is 2.16. The number of carbonyl (C=O) groups excluding carboxylic acids is 3. The van der Waals surface area contributed by atoms with E-state index >= 15 is 0 Å². The highest BCUT2D eigenvalue weighted by atomic mass is 16.6. The van der Waals surface area contributed by atoms with Crippen molar-refractivity contribution in [3.05, 3.63) is 24.3 Å². The summed E-state index contributed by atoms with van der Waals surface area (Å²) in [6.07, 6.45) is 58.8. The molecule has 1 unspecified atom stereocenters. The zero-order valence-electron chi connectivity index (χ0n) is 41.7. The lowest BCUT2D eigenvalue weighted by Crippen LogP contribution is -2.30. The standard InChI is InChI=1S/C56H104O6/c1-4-7-10-13-16-19-22-24-26-27-28-30-31-34-37-40-43-46-49-55(58)61-52-53(51-60-54(57)48-45-42-39-36-33-21-18-15-12-9-6-3)62-56(59)50-47-44-41-38-35-32-29-25-23-20-17-14-11-8-5-2/h17,20,23,25,53H,4-16,18-19,21-22,24,26-52H2,1-3H3/b20-17-,25-23-. The predicted octanol–water partition coefficient (Wildman–Crippen LogP) is 17.9. The smallest absolute Gasteiger partial charge is 0.306 e. The van der Waals surface area contributed by atoms with Crippen LogP contribution in [-0.4, -0.2) is 37.2 Å². The molecule has 0 bridgehead atoms. The average molecular weight is 873 g/mol. The molecule has 0 aliphatic heterocycles. The fourth-order valence-electron chi connectivity index (χ4n) is 8.08. The van der Waals surface area contributed by atoms with Crippen LogP contribution in [-0.2, 0) is 28.6 Å². The van der Waals surface area contributed by atoms with Crippen LogP contribution in [0.15, 0.2) is 24.3 Å². The van der Waals surface area contributed by atoms with E-state index in [4.69, 9.17) is 14.2 Å². The van der Waals surface area contributed by atoms with Gasteiger partial charge in [-0.05, 0) is 44.9 Å². The largest absolute Gasteiger partial charge is 0.462 e. The molecular formula is C56H104O6. The normalized spacial score (nSPS) is 12.1. The van der Waals surface area contributed by atoms with E-state index in [1.165, 1.54) is 193 Å². The summed E-state index contributed by atoms with van der Waals surface area (Å²) in [6.45, 7) is 6.63. The highest BCUT2D eigenvalue weighted by molar-refractivity contribution is 5.71. The van der Waals surface area contributed by atoms with E-state index in [0.29, 0.717) is 19.3 Å². The number of rotatable bonds is 50. The maximum absolute atomic E-state index is 12.8. The van der Waals surface area contributed by atoms with Crippen molar-refractivity contribution >= 4 is 17.9 Å². The highest BCUT2D eigenvalue weighted by Gasteiger charge is 2.19. The van der Waals surface area contributed by atoms with Gasteiger partial charge in [0.1, 0.15) is 13.2 Å². The van der Waals surface area contributed by atoms with Crippen molar-refractivity contribution in [2.24, 2.45) is 0 Å². The van der Waals surface area contributed by atoms with E-state index in [1.807, 2.05) is 0 Å². The van der Waals surface area contributed by atoms with E-state index in [-0.39, 0.29) is 31.1 Å². The first-order valence-electron chi connectivity index (χ1n) is 27.4. The topological polar surface area (TPSA) is 78.9 Å². The van der Waals surface area contributed by atoms with Crippen LogP contribution in [0.5, 0.6) is 0 Å². The molecule has 0 aliphatic rings. The number of carbonyl (C=O) groups is 3.